The first-order chi connectivity index (χ1) is 8.99. The van der Waals surface area contributed by atoms with Gasteiger partial charge in [-0.05, 0) is 12.8 Å². The van der Waals surface area contributed by atoms with Gasteiger partial charge in [-0.2, -0.15) is 4.98 Å². The number of methoxy groups -OCH3 is 1. The van der Waals surface area contributed by atoms with Crippen LogP contribution >= 0.6 is 0 Å². The number of sulfonamides is 1. The van der Waals surface area contributed by atoms with E-state index < -0.39 is 10.0 Å². The fourth-order valence-corrected chi connectivity index (χ4v) is 2.98. The molecule has 2 heterocycles. The first-order valence-electron chi connectivity index (χ1n) is 6.08. The minimum Gasteiger partial charge on any atom is -0.481 e. The quantitative estimate of drug-likeness (QED) is 0.858. The molecule has 0 bridgehead atoms. The van der Waals surface area contributed by atoms with Crippen molar-refractivity contribution >= 4 is 16.0 Å². The van der Waals surface area contributed by atoms with Crippen LogP contribution in [0, 0.1) is 0 Å². The largest absolute Gasteiger partial charge is 0.481 e. The summed E-state index contributed by atoms with van der Waals surface area (Å²) in [7, 11) is -1.60. The smallest absolute Gasteiger partial charge is 0.226 e. The molecule has 1 aliphatic heterocycles. The summed E-state index contributed by atoms with van der Waals surface area (Å²) in [6.45, 7) is 1.02. The van der Waals surface area contributed by atoms with E-state index in [1.807, 2.05) is 0 Å². The van der Waals surface area contributed by atoms with Gasteiger partial charge in [-0.25, -0.2) is 17.7 Å². The Morgan fingerprint density at radius 1 is 1.53 bits per heavy atom. The lowest BCUT2D eigenvalue weighted by Crippen LogP contribution is -2.44. The fraction of sp³-hybridized carbons (Fsp3) is 0.636. The lowest BCUT2D eigenvalue weighted by Gasteiger charge is -2.31. The third-order valence-corrected chi connectivity index (χ3v) is 4.30. The van der Waals surface area contributed by atoms with Gasteiger partial charge in [-0.1, -0.05) is 0 Å². The molecule has 1 unspecified atom stereocenters. The first-order valence-corrected chi connectivity index (χ1v) is 7.92. The van der Waals surface area contributed by atoms with Crippen LogP contribution in [0.2, 0.25) is 0 Å². The summed E-state index contributed by atoms with van der Waals surface area (Å²) in [5.41, 5.74) is 0. The molecule has 8 heteroatoms. The summed E-state index contributed by atoms with van der Waals surface area (Å²) >= 11 is 0. The van der Waals surface area contributed by atoms with Crippen LogP contribution in [-0.2, 0) is 10.0 Å². The van der Waals surface area contributed by atoms with Crippen molar-refractivity contribution in [1.82, 2.24) is 14.3 Å². The van der Waals surface area contributed by atoms with Gasteiger partial charge in [0.05, 0.1) is 13.4 Å². The predicted molar refractivity (Wildman–Crippen MR) is 71.6 cm³/mol. The van der Waals surface area contributed by atoms with Crippen LogP contribution in [0.1, 0.15) is 12.8 Å². The fourth-order valence-electron chi connectivity index (χ4n) is 2.07. The number of nitrogens with zero attached hydrogens (tertiary/aromatic N) is 3. The molecule has 1 aromatic heterocycles. The molecule has 1 atom stereocenters. The molecular formula is C11H18N4O3S. The molecule has 0 spiro atoms. The highest BCUT2D eigenvalue weighted by Crippen LogP contribution is 2.16. The molecule has 19 heavy (non-hydrogen) atoms. The zero-order chi connectivity index (χ0) is 13.9. The minimum atomic E-state index is -3.14. The number of rotatable bonds is 4. The summed E-state index contributed by atoms with van der Waals surface area (Å²) in [4.78, 5) is 8.26. The van der Waals surface area contributed by atoms with Gasteiger partial charge in [0.25, 0.3) is 0 Å². The van der Waals surface area contributed by atoms with Crippen molar-refractivity contribution in [2.75, 3.05) is 31.8 Å². The maximum atomic E-state index is 11.5. The maximum Gasteiger partial charge on any atom is 0.226 e. The lowest BCUT2D eigenvalue weighted by atomic mass is 10.1. The summed E-state index contributed by atoms with van der Waals surface area (Å²) < 4.78 is 29.6. The topological polar surface area (TPSA) is 84.4 Å². The molecule has 1 aromatic rings. The molecule has 1 N–H and O–H groups in total. The number of hydrogen-bond acceptors (Lipinski definition) is 6. The van der Waals surface area contributed by atoms with Gasteiger partial charge in [-0.15, -0.1) is 0 Å². The zero-order valence-corrected chi connectivity index (χ0v) is 11.9. The molecule has 1 fully saturated rings. The molecule has 0 saturated carbocycles. The van der Waals surface area contributed by atoms with E-state index in [4.69, 9.17) is 4.74 Å². The summed E-state index contributed by atoms with van der Waals surface area (Å²) in [5, 5.41) is 3.15. The average molecular weight is 286 g/mol. The van der Waals surface area contributed by atoms with Crippen LogP contribution in [0.25, 0.3) is 0 Å². The molecule has 0 radical (unpaired) electrons. The summed E-state index contributed by atoms with van der Waals surface area (Å²) in [6.07, 6.45) is 4.56. The standard InChI is InChI=1S/C11H18N4O3S/c1-18-10-5-6-12-11(14-10)13-9-4-3-7-15(8-9)19(2,16)17/h5-6,9H,3-4,7-8H2,1-2H3,(H,12,13,14). The van der Waals surface area contributed by atoms with Crippen LogP contribution in [0.3, 0.4) is 0 Å². The molecule has 0 aromatic carbocycles. The van der Waals surface area contributed by atoms with E-state index in [0.717, 1.165) is 12.8 Å². The Labute approximate surface area is 113 Å². The maximum absolute atomic E-state index is 11.5. The van der Waals surface area contributed by atoms with Gasteiger partial charge in [0.1, 0.15) is 0 Å². The van der Waals surface area contributed by atoms with Gasteiger partial charge >= 0.3 is 0 Å². The van der Waals surface area contributed by atoms with Crippen molar-refractivity contribution in [2.24, 2.45) is 0 Å². The van der Waals surface area contributed by atoms with Crippen molar-refractivity contribution in [3.05, 3.63) is 12.3 Å². The monoisotopic (exact) mass is 286 g/mol. The molecule has 2 rings (SSSR count). The number of aromatic nitrogens is 2. The van der Waals surface area contributed by atoms with Crippen LogP contribution in [0.15, 0.2) is 12.3 Å². The second kappa shape index (κ2) is 5.70. The van der Waals surface area contributed by atoms with Crippen molar-refractivity contribution in [1.29, 1.82) is 0 Å². The molecule has 106 valence electrons. The van der Waals surface area contributed by atoms with E-state index in [2.05, 4.69) is 15.3 Å². The minimum absolute atomic E-state index is 0.0237. The average Bonchev–Trinajstić information content (AvgIpc) is 2.38. The van der Waals surface area contributed by atoms with Gasteiger partial charge in [0.2, 0.25) is 21.9 Å². The van der Waals surface area contributed by atoms with E-state index in [1.165, 1.54) is 17.7 Å². The molecule has 1 saturated heterocycles. The second-order valence-corrected chi connectivity index (χ2v) is 6.51. The highest BCUT2D eigenvalue weighted by molar-refractivity contribution is 7.88. The first kappa shape index (κ1) is 14.0. The Hall–Kier alpha value is -1.41. The highest BCUT2D eigenvalue weighted by Gasteiger charge is 2.26. The molecule has 7 nitrogen and oxygen atoms in total. The number of piperidine rings is 1. The second-order valence-electron chi connectivity index (χ2n) is 4.53. The Morgan fingerprint density at radius 3 is 3.00 bits per heavy atom. The normalized spacial score (nSPS) is 21.1. The number of ether oxygens (including phenoxy) is 1. The predicted octanol–water partition coefficient (Wildman–Crippen LogP) is 0.321. The highest BCUT2D eigenvalue weighted by atomic mass is 32.2. The van der Waals surface area contributed by atoms with Crippen LogP contribution < -0.4 is 10.1 Å². The van der Waals surface area contributed by atoms with Gasteiger partial charge < -0.3 is 10.1 Å². The third kappa shape index (κ3) is 3.77. The molecular weight excluding hydrogens is 268 g/mol. The van der Waals surface area contributed by atoms with E-state index in [0.29, 0.717) is 24.9 Å². The number of hydrogen-bond donors (Lipinski definition) is 1. The van der Waals surface area contributed by atoms with E-state index in [1.54, 1.807) is 12.3 Å². The van der Waals surface area contributed by atoms with Gasteiger partial charge in [0.15, 0.2) is 0 Å². The zero-order valence-electron chi connectivity index (χ0n) is 11.0. The van der Waals surface area contributed by atoms with Crippen molar-refractivity contribution < 1.29 is 13.2 Å². The Balaban J connectivity index is 2.02. The van der Waals surface area contributed by atoms with Crippen molar-refractivity contribution in [3.63, 3.8) is 0 Å². The van der Waals surface area contributed by atoms with E-state index in [9.17, 15) is 8.42 Å². The van der Waals surface area contributed by atoms with Crippen LogP contribution in [0.5, 0.6) is 5.88 Å². The summed E-state index contributed by atoms with van der Waals surface area (Å²) in [6, 6.07) is 1.69. The van der Waals surface area contributed by atoms with Crippen molar-refractivity contribution in [2.45, 2.75) is 18.9 Å². The Morgan fingerprint density at radius 2 is 2.32 bits per heavy atom. The molecule has 1 aliphatic rings. The number of nitrogens with one attached hydrogen (secondary N) is 1. The summed E-state index contributed by atoms with van der Waals surface area (Å²) in [5.74, 6) is 0.938. The van der Waals surface area contributed by atoms with Gasteiger partial charge in [-0.3, -0.25) is 0 Å². The van der Waals surface area contributed by atoms with E-state index >= 15 is 0 Å². The van der Waals surface area contributed by atoms with E-state index in [-0.39, 0.29) is 6.04 Å². The SMILES string of the molecule is COc1ccnc(NC2CCCN(S(C)(=O)=O)C2)n1. The lowest BCUT2D eigenvalue weighted by molar-refractivity contribution is 0.328. The van der Waals surface area contributed by atoms with Gasteiger partial charge in [0, 0.05) is 31.4 Å². The van der Waals surface area contributed by atoms with Crippen LogP contribution in [0.4, 0.5) is 5.95 Å². The molecule has 0 amide bonds. The number of anilines is 1. The van der Waals surface area contributed by atoms with Crippen LogP contribution in [-0.4, -0.2) is 55.2 Å². The third-order valence-electron chi connectivity index (χ3n) is 3.03. The van der Waals surface area contributed by atoms with Crippen molar-refractivity contribution in [3.8, 4) is 5.88 Å². The Bertz CT molecular complexity index is 534. The Kier molecular flexibility index (Phi) is 4.20. The molecule has 0 aliphatic carbocycles.